The lowest BCUT2D eigenvalue weighted by molar-refractivity contribution is -0.138. The van der Waals surface area contributed by atoms with E-state index in [-0.39, 0.29) is 5.92 Å². The average Bonchev–Trinajstić information content (AvgIpc) is 3.58. The summed E-state index contributed by atoms with van der Waals surface area (Å²) in [5.74, 6) is 1.29. The first-order valence-corrected chi connectivity index (χ1v) is 11.5. The first kappa shape index (κ1) is 18.2. The van der Waals surface area contributed by atoms with Crippen molar-refractivity contribution in [2.75, 3.05) is 0 Å². The SMILES string of the molecule is O=C(C1CCCCC1)N1C2CCC1C(Cn1cnc3cc(-c4cn[nH]c4)ccc31)C2. The molecule has 2 aliphatic heterocycles. The van der Waals surface area contributed by atoms with Gasteiger partial charge in [-0.2, -0.15) is 5.10 Å². The molecule has 4 heterocycles. The van der Waals surface area contributed by atoms with Crippen LogP contribution in [0.4, 0.5) is 0 Å². The Morgan fingerprint density at radius 2 is 2.00 bits per heavy atom. The standard InChI is InChI=1S/C24H29N5O/c30-24(16-4-2-1-3-5-16)29-20-7-9-22(29)18(10-20)14-28-15-25-21-11-17(6-8-23(21)28)19-12-26-27-13-19/h6,8,11-13,15-16,18,20,22H,1-5,7,9-10,14H2,(H,26,27). The Morgan fingerprint density at radius 3 is 2.83 bits per heavy atom. The van der Waals surface area contributed by atoms with Crippen LogP contribution in [0.1, 0.15) is 51.4 Å². The van der Waals surface area contributed by atoms with Crippen molar-refractivity contribution < 1.29 is 4.79 Å². The molecule has 0 radical (unpaired) electrons. The van der Waals surface area contributed by atoms with E-state index in [0.717, 1.165) is 42.5 Å². The van der Waals surface area contributed by atoms with Crippen molar-refractivity contribution in [1.82, 2.24) is 24.6 Å². The molecular formula is C24H29N5O. The molecule has 30 heavy (non-hydrogen) atoms. The van der Waals surface area contributed by atoms with Crippen molar-refractivity contribution in [3.63, 3.8) is 0 Å². The molecule has 6 heteroatoms. The summed E-state index contributed by atoms with van der Waals surface area (Å²) in [5.41, 5.74) is 4.41. The number of nitrogens with one attached hydrogen (secondary N) is 1. The van der Waals surface area contributed by atoms with Crippen molar-refractivity contribution in [2.45, 2.75) is 70.0 Å². The zero-order valence-electron chi connectivity index (χ0n) is 17.3. The molecule has 1 aliphatic carbocycles. The van der Waals surface area contributed by atoms with Gasteiger partial charge in [-0.15, -0.1) is 0 Å². The summed E-state index contributed by atoms with van der Waals surface area (Å²) in [6.45, 7) is 0.956. The van der Waals surface area contributed by atoms with Gasteiger partial charge in [0.15, 0.2) is 0 Å². The van der Waals surface area contributed by atoms with Crippen LogP contribution in [0.25, 0.3) is 22.2 Å². The quantitative estimate of drug-likeness (QED) is 0.703. The highest BCUT2D eigenvalue weighted by Crippen LogP contribution is 2.44. The van der Waals surface area contributed by atoms with Crippen molar-refractivity contribution in [2.24, 2.45) is 11.8 Å². The van der Waals surface area contributed by atoms with E-state index in [4.69, 9.17) is 0 Å². The van der Waals surface area contributed by atoms with E-state index in [1.54, 1.807) is 0 Å². The number of rotatable bonds is 4. The maximum Gasteiger partial charge on any atom is 0.226 e. The third-order valence-electron chi connectivity index (χ3n) is 7.76. The Bertz CT molecular complexity index is 1050. The molecule has 6 rings (SSSR count). The summed E-state index contributed by atoms with van der Waals surface area (Å²) >= 11 is 0. The van der Waals surface area contributed by atoms with E-state index in [2.05, 4.69) is 42.8 Å². The van der Waals surface area contributed by atoms with Gasteiger partial charge in [-0.3, -0.25) is 9.89 Å². The van der Waals surface area contributed by atoms with Crippen LogP contribution in [-0.2, 0) is 11.3 Å². The second kappa shape index (κ2) is 7.25. The molecule has 0 spiro atoms. The van der Waals surface area contributed by atoms with Gasteiger partial charge in [0.2, 0.25) is 5.91 Å². The van der Waals surface area contributed by atoms with Gasteiger partial charge in [-0.25, -0.2) is 4.98 Å². The van der Waals surface area contributed by atoms with Gasteiger partial charge in [0.1, 0.15) is 0 Å². The molecule has 3 aliphatic rings. The number of nitrogens with zero attached hydrogens (tertiary/aromatic N) is 4. The lowest BCUT2D eigenvalue weighted by atomic mass is 9.88. The molecule has 3 aromatic rings. The fourth-order valence-corrected chi connectivity index (χ4v) is 6.26. The third-order valence-corrected chi connectivity index (χ3v) is 7.76. The Morgan fingerprint density at radius 1 is 1.10 bits per heavy atom. The van der Waals surface area contributed by atoms with Crippen LogP contribution in [0.5, 0.6) is 0 Å². The minimum Gasteiger partial charge on any atom is -0.336 e. The molecule has 3 fully saturated rings. The summed E-state index contributed by atoms with van der Waals surface area (Å²) in [7, 11) is 0. The average molecular weight is 404 g/mol. The van der Waals surface area contributed by atoms with Gasteiger partial charge >= 0.3 is 0 Å². The van der Waals surface area contributed by atoms with Gasteiger partial charge in [0.25, 0.3) is 0 Å². The lowest BCUT2D eigenvalue weighted by Gasteiger charge is -2.30. The van der Waals surface area contributed by atoms with Gasteiger partial charge in [0.05, 0.1) is 23.6 Å². The highest BCUT2D eigenvalue weighted by molar-refractivity contribution is 5.82. The molecule has 2 saturated heterocycles. The third kappa shape index (κ3) is 2.96. The number of aromatic amines is 1. The molecular weight excluding hydrogens is 374 g/mol. The first-order chi connectivity index (χ1) is 14.8. The van der Waals surface area contributed by atoms with Crippen LogP contribution >= 0.6 is 0 Å². The van der Waals surface area contributed by atoms with E-state index < -0.39 is 0 Å². The molecule has 1 amide bonds. The smallest absolute Gasteiger partial charge is 0.226 e. The number of hydrogen-bond acceptors (Lipinski definition) is 3. The molecule has 6 nitrogen and oxygen atoms in total. The maximum absolute atomic E-state index is 13.3. The van der Waals surface area contributed by atoms with Gasteiger partial charge in [-0.1, -0.05) is 25.3 Å². The first-order valence-electron chi connectivity index (χ1n) is 11.5. The number of imidazole rings is 1. The van der Waals surface area contributed by atoms with Crippen LogP contribution in [0.15, 0.2) is 36.9 Å². The molecule has 1 saturated carbocycles. The van der Waals surface area contributed by atoms with Crippen molar-refractivity contribution in [1.29, 1.82) is 0 Å². The van der Waals surface area contributed by atoms with E-state index in [9.17, 15) is 4.79 Å². The van der Waals surface area contributed by atoms with E-state index in [1.807, 2.05) is 18.7 Å². The fraction of sp³-hybridized carbons (Fsp3) is 0.542. The Kier molecular flexibility index (Phi) is 4.39. The molecule has 2 bridgehead atoms. The molecule has 3 atom stereocenters. The number of hydrogen-bond donors (Lipinski definition) is 1. The van der Waals surface area contributed by atoms with Crippen molar-refractivity contribution in [3.8, 4) is 11.1 Å². The van der Waals surface area contributed by atoms with Crippen LogP contribution in [0, 0.1) is 11.8 Å². The molecule has 3 unspecified atom stereocenters. The minimum absolute atomic E-state index is 0.288. The number of H-pyrrole nitrogens is 1. The fourth-order valence-electron chi connectivity index (χ4n) is 6.26. The number of carbonyl (C=O) groups is 1. The summed E-state index contributed by atoms with van der Waals surface area (Å²) in [6, 6.07) is 7.34. The van der Waals surface area contributed by atoms with Gasteiger partial charge < -0.3 is 9.47 Å². The second-order valence-electron chi connectivity index (χ2n) is 9.46. The lowest BCUT2D eigenvalue weighted by Crippen LogP contribution is -2.41. The zero-order chi connectivity index (χ0) is 20.1. The number of fused-ring (bicyclic) bond motifs is 3. The summed E-state index contributed by atoms with van der Waals surface area (Å²) in [5, 5.41) is 6.92. The van der Waals surface area contributed by atoms with E-state index in [1.165, 1.54) is 37.6 Å². The summed E-state index contributed by atoms with van der Waals surface area (Å²) < 4.78 is 2.29. The van der Waals surface area contributed by atoms with Crippen LogP contribution in [-0.4, -0.2) is 42.6 Å². The van der Waals surface area contributed by atoms with Crippen molar-refractivity contribution in [3.05, 3.63) is 36.9 Å². The Labute approximate surface area is 176 Å². The highest BCUT2D eigenvalue weighted by Gasteiger charge is 2.49. The topological polar surface area (TPSA) is 66.8 Å². The van der Waals surface area contributed by atoms with Crippen LogP contribution in [0.2, 0.25) is 0 Å². The molecule has 1 N–H and O–H groups in total. The predicted octanol–water partition coefficient (Wildman–Crippen LogP) is 4.39. The van der Waals surface area contributed by atoms with Crippen LogP contribution in [0.3, 0.4) is 0 Å². The maximum atomic E-state index is 13.3. The number of aromatic nitrogens is 4. The largest absolute Gasteiger partial charge is 0.336 e. The van der Waals surface area contributed by atoms with Gasteiger partial charge in [0, 0.05) is 36.3 Å². The molecule has 2 aromatic heterocycles. The van der Waals surface area contributed by atoms with Gasteiger partial charge in [-0.05, 0) is 55.7 Å². The molecule has 1 aromatic carbocycles. The number of benzene rings is 1. The highest BCUT2D eigenvalue weighted by atomic mass is 16.2. The summed E-state index contributed by atoms with van der Waals surface area (Å²) in [4.78, 5) is 20.3. The second-order valence-corrected chi connectivity index (χ2v) is 9.46. The van der Waals surface area contributed by atoms with E-state index >= 15 is 0 Å². The Balaban J connectivity index is 1.21. The zero-order valence-corrected chi connectivity index (χ0v) is 17.3. The summed E-state index contributed by atoms with van der Waals surface area (Å²) in [6.07, 6.45) is 15.2. The molecule has 156 valence electrons. The minimum atomic E-state index is 0.288. The van der Waals surface area contributed by atoms with E-state index in [0.29, 0.717) is 23.9 Å². The Hall–Kier alpha value is -2.63. The number of carbonyl (C=O) groups excluding carboxylic acids is 1. The number of amides is 1. The normalized spacial score (nSPS) is 26.7. The monoisotopic (exact) mass is 403 g/mol. The predicted molar refractivity (Wildman–Crippen MR) is 116 cm³/mol. The van der Waals surface area contributed by atoms with Crippen molar-refractivity contribution >= 4 is 16.9 Å². The van der Waals surface area contributed by atoms with Crippen LogP contribution < -0.4 is 0 Å².